The normalized spacial score (nSPS) is 11.2. The van der Waals surface area contributed by atoms with Gasteiger partial charge in [0.15, 0.2) is 0 Å². The molecule has 0 aromatic heterocycles. The third kappa shape index (κ3) is 4.39. The molecule has 0 amide bonds. The minimum Gasteiger partial charge on any atom is -0.428 e. The molecule has 0 radical (unpaired) electrons. The molecule has 0 heterocycles. The van der Waals surface area contributed by atoms with E-state index in [2.05, 4.69) is 12.1 Å². The molecule has 0 spiro atoms. The lowest BCUT2D eigenvalue weighted by Gasteiger charge is -2.04. The molecule has 0 saturated carbocycles. The van der Waals surface area contributed by atoms with Crippen LogP contribution in [0.4, 0.5) is 0 Å². The molecule has 0 fully saturated rings. The summed E-state index contributed by atoms with van der Waals surface area (Å²) in [5.74, 6) is 0.342. The van der Waals surface area contributed by atoms with Gasteiger partial charge >= 0.3 is 5.97 Å². The van der Waals surface area contributed by atoms with Crippen LogP contribution in [0.15, 0.2) is 72.5 Å². The van der Waals surface area contributed by atoms with Gasteiger partial charge in [-0.2, -0.15) is 0 Å². The summed E-state index contributed by atoms with van der Waals surface area (Å²) >= 11 is 0. The first kappa shape index (κ1) is 14.1. The number of ether oxygens (including phenoxy) is 1. The predicted molar refractivity (Wildman–Crippen MR) is 80.4 cm³/mol. The molecule has 102 valence electrons. The number of carbonyl (C=O) groups excluding carboxylic acids is 1. The topological polar surface area (TPSA) is 26.3 Å². The number of aryl methyl sites for hydroxylation is 1. The van der Waals surface area contributed by atoms with Gasteiger partial charge in [0, 0.05) is 0 Å². The molecule has 2 nitrogen and oxygen atoms in total. The number of esters is 1. The molecule has 2 rings (SSSR count). The fourth-order valence-corrected chi connectivity index (χ4v) is 1.91. The van der Waals surface area contributed by atoms with Gasteiger partial charge in [-0.05, 0) is 43.5 Å². The third-order valence-corrected chi connectivity index (χ3v) is 2.97. The molecule has 0 atom stereocenters. The standard InChI is InChI=1S/C18H18O2/c1-15(9-8-12-16-10-4-2-5-11-16)20-18(19)17-13-6-3-7-14-17/h2-7,9-11,13-14H,8,12H2,1H3/b15-9+. The zero-order chi connectivity index (χ0) is 14.2. The van der Waals surface area contributed by atoms with Crippen LogP contribution in [0.5, 0.6) is 0 Å². The van der Waals surface area contributed by atoms with Gasteiger partial charge in [-0.1, -0.05) is 48.5 Å². The Labute approximate surface area is 119 Å². The van der Waals surface area contributed by atoms with E-state index in [0.29, 0.717) is 11.3 Å². The summed E-state index contributed by atoms with van der Waals surface area (Å²) in [6.45, 7) is 1.81. The smallest absolute Gasteiger partial charge is 0.343 e. The summed E-state index contributed by atoms with van der Waals surface area (Å²) in [5, 5.41) is 0. The van der Waals surface area contributed by atoms with Gasteiger partial charge in [0.2, 0.25) is 0 Å². The van der Waals surface area contributed by atoms with Crippen molar-refractivity contribution in [3.8, 4) is 0 Å². The van der Waals surface area contributed by atoms with Crippen molar-refractivity contribution in [1.29, 1.82) is 0 Å². The van der Waals surface area contributed by atoms with E-state index < -0.39 is 0 Å². The largest absolute Gasteiger partial charge is 0.428 e. The molecule has 0 saturated heterocycles. The summed E-state index contributed by atoms with van der Waals surface area (Å²) < 4.78 is 5.30. The Kier molecular flexibility index (Phi) is 5.13. The van der Waals surface area contributed by atoms with Crippen molar-refractivity contribution in [3.05, 3.63) is 83.6 Å². The average molecular weight is 266 g/mol. The minimum absolute atomic E-state index is 0.306. The number of rotatable bonds is 5. The Bertz CT molecular complexity index is 571. The van der Waals surface area contributed by atoms with E-state index in [1.54, 1.807) is 12.1 Å². The molecule has 0 bridgehead atoms. The van der Waals surface area contributed by atoms with Crippen LogP contribution >= 0.6 is 0 Å². The van der Waals surface area contributed by atoms with E-state index in [0.717, 1.165) is 12.8 Å². The Hall–Kier alpha value is -2.35. The SMILES string of the molecule is C/C(=C\CCc1ccccc1)OC(=O)c1ccccc1. The molecular formula is C18H18O2. The van der Waals surface area contributed by atoms with Crippen LogP contribution in [-0.4, -0.2) is 5.97 Å². The van der Waals surface area contributed by atoms with E-state index in [9.17, 15) is 4.79 Å². The first-order chi connectivity index (χ1) is 9.75. The van der Waals surface area contributed by atoms with Crippen LogP contribution in [0.2, 0.25) is 0 Å². The van der Waals surface area contributed by atoms with Crippen LogP contribution in [0.1, 0.15) is 29.3 Å². The average Bonchev–Trinajstić information content (AvgIpc) is 2.49. The Morgan fingerprint density at radius 2 is 1.60 bits per heavy atom. The summed E-state index contributed by atoms with van der Waals surface area (Å²) in [4.78, 5) is 11.8. The van der Waals surface area contributed by atoms with Crippen molar-refractivity contribution in [1.82, 2.24) is 0 Å². The van der Waals surface area contributed by atoms with Crippen LogP contribution in [0, 0.1) is 0 Å². The van der Waals surface area contributed by atoms with E-state index in [1.165, 1.54) is 5.56 Å². The Morgan fingerprint density at radius 1 is 1.00 bits per heavy atom. The molecular weight excluding hydrogens is 248 g/mol. The van der Waals surface area contributed by atoms with Crippen LogP contribution in [0.25, 0.3) is 0 Å². The summed E-state index contributed by atoms with van der Waals surface area (Å²) in [7, 11) is 0. The van der Waals surface area contributed by atoms with Crippen molar-refractivity contribution in [2.75, 3.05) is 0 Å². The van der Waals surface area contributed by atoms with Gasteiger partial charge in [0.25, 0.3) is 0 Å². The number of hydrogen-bond donors (Lipinski definition) is 0. The maximum absolute atomic E-state index is 11.8. The molecule has 0 unspecified atom stereocenters. The second-order valence-corrected chi connectivity index (χ2v) is 4.59. The van der Waals surface area contributed by atoms with E-state index in [1.807, 2.05) is 49.4 Å². The van der Waals surface area contributed by atoms with E-state index >= 15 is 0 Å². The van der Waals surface area contributed by atoms with Crippen molar-refractivity contribution < 1.29 is 9.53 Å². The lowest BCUT2D eigenvalue weighted by molar-refractivity contribution is 0.0625. The lowest BCUT2D eigenvalue weighted by Crippen LogP contribution is -2.03. The summed E-state index contributed by atoms with van der Waals surface area (Å²) in [6, 6.07) is 19.3. The molecule has 2 aromatic rings. The second-order valence-electron chi connectivity index (χ2n) is 4.59. The Morgan fingerprint density at radius 3 is 2.25 bits per heavy atom. The number of allylic oxidation sites excluding steroid dienone is 2. The molecule has 20 heavy (non-hydrogen) atoms. The highest BCUT2D eigenvalue weighted by atomic mass is 16.5. The number of benzene rings is 2. The first-order valence-corrected chi connectivity index (χ1v) is 6.73. The second kappa shape index (κ2) is 7.29. The van der Waals surface area contributed by atoms with Crippen molar-refractivity contribution in [2.45, 2.75) is 19.8 Å². The highest BCUT2D eigenvalue weighted by Gasteiger charge is 2.06. The van der Waals surface area contributed by atoms with Gasteiger partial charge < -0.3 is 4.74 Å². The van der Waals surface area contributed by atoms with Gasteiger partial charge in [0.05, 0.1) is 5.56 Å². The van der Waals surface area contributed by atoms with Gasteiger partial charge in [-0.15, -0.1) is 0 Å². The van der Waals surface area contributed by atoms with Crippen molar-refractivity contribution in [2.24, 2.45) is 0 Å². The number of hydrogen-bond acceptors (Lipinski definition) is 2. The van der Waals surface area contributed by atoms with Gasteiger partial charge in [-0.3, -0.25) is 0 Å². The molecule has 0 aliphatic heterocycles. The molecule has 2 heteroatoms. The quantitative estimate of drug-likeness (QED) is 0.593. The zero-order valence-electron chi connectivity index (χ0n) is 11.6. The van der Waals surface area contributed by atoms with Crippen LogP contribution in [0.3, 0.4) is 0 Å². The summed E-state index contributed by atoms with van der Waals surface area (Å²) in [6.07, 6.45) is 3.76. The minimum atomic E-state index is -0.306. The molecule has 0 aliphatic carbocycles. The number of carbonyl (C=O) groups is 1. The lowest BCUT2D eigenvalue weighted by atomic mass is 10.1. The van der Waals surface area contributed by atoms with Gasteiger partial charge in [0.1, 0.15) is 5.76 Å². The van der Waals surface area contributed by atoms with Crippen LogP contribution < -0.4 is 0 Å². The van der Waals surface area contributed by atoms with Crippen LogP contribution in [-0.2, 0) is 11.2 Å². The van der Waals surface area contributed by atoms with Crippen molar-refractivity contribution >= 4 is 5.97 Å². The monoisotopic (exact) mass is 266 g/mol. The predicted octanol–water partition coefficient (Wildman–Crippen LogP) is 4.38. The zero-order valence-corrected chi connectivity index (χ0v) is 11.6. The van der Waals surface area contributed by atoms with Crippen molar-refractivity contribution in [3.63, 3.8) is 0 Å². The Balaban J connectivity index is 1.84. The fraction of sp³-hybridized carbons (Fsp3) is 0.167. The summed E-state index contributed by atoms with van der Waals surface area (Å²) in [5.41, 5.74) is 1.86. The highest BCUT2D eigenvalue weighted by molar-refractivity contribution is 5.89. The molecule has 0 N–H and O–H groups in total. The molecule has 2 aromatic carbocycles. The first-order valence-electron chi connectivity index (χ1n) is 6.73. The maximum Gasteiger partial charge on any atom is 0.343 e. The third-order valence-electron chi connectivity index (χ3n) is 2.97. The van der Waals surface area contributed by atoms with E-state index in [-0.39, 0.29) is 5.97 Å². The fourth-order valence-electron chi connectivity index (χ4n) is 1.91. The molecule has 0 aliphatic rings. The maximum atomic E-state index is 11.8. The van der Waals surface area contributed by atoms with Gasteiger partial charge in [-0.25, -0.2) is 4.79 Å². The highest BCUT2D eigenvalue weighted by Crippen LogP contribution is 2.08. The van der Waals surface area contributed by atoms with E-state index in [4.69, 9.17) is 4.74 Å².